The van der Waals surface area contributed by atoms with Crippen molar-refractivity contribution in [1.29, 1.82) is 0 Å². The first kappa shape index (κ1) is 11.0. The maximum atomic E-state index is 11.9. The zero-order chi connectivity index (χ0) is 11.7. The number of imidazole rings is 1. The topological polar surface area (TPSA) is 75.4 Å². The van der Waals surface area contributed by atoms with E-state index >= 15 is 0 Å². The van der Waals surface area contributed by atoms with Crippen LogP contribution in [-0.2, 0) is 11.8 Å². The highest BCUT2D eigenvalue weighted by molar-refractivity contribution is 7.99. The van der Waals surface area contributed by atoms with E-state index in [2.05, 4.69) is 4.98 Å². The Morgan fingerprint density at radius 1 is 1.62 bits per heavy atom. The van der Waals surface area contributed by atoms with Crippen molar-refractivity contribution in [1.82, 2.24) is 14.5 Å². The Morgan fingerprint density at radius 2 is 2.38 bits per heavy atom. The summed E-state index contributed by atoms with van der Waals surface area (Å²) in [7, 11) is 1.76. The third kappa shape index (κ3) is 1.90. The van der Waals surface area contributed by atoms with Crippen molar-refractivity contribution in [2.24, 2.45) is 7.05 Å². The van der Waals surface area contributed by atoms with Crippen LogP contribution in [0.5, 0.6) is 0 Å². The summed E-state index contributed by atoms with van der Waals surface area (Å²) in [5.74, 6) is -0.437. The number of carboxylic acid groups (broad SMARTS) is 1. The monoisotopic (exact) mass is 241 g/mol. The number of carboxylic acids is 1. The molecule has 0 aliphatic carbocycles. The van der Waals surface area contributed by atoms with E-state index in [1.165, 1.54) is 23.0 Å². The number of thioether (sulfide) groups is 1. The second-order valence-electron chi connectivity index (χ2n) is 3.55. The molecule has 1 aromatic rings. The van der Waals surface area contributed by atoms with Crippen LogP contribution >= 0.6 is 11.8 Å². The van der Waals surface area contributed by atoms with Gasteiger partial charge in [0.25, 0.3) is 5.91 Å². The van der Waals surface area contributed by atoms with E-state index in [1.807, 2.05) is 0 Å². The van der Waals surface area contributed by atoms with Crippen LogP contribution in [0.4, 0.5) is 0 Å². The molecular weight excluding hydrogens is 230 g/mol. The third-order valence-electron chi connectivity index (χ3n) is 2.35. The van der Waals surface area contributed by atoms with Gasteiger partial charge in [-0.2, -0.15) is 0 Å². The van der Waals surface area contributed by atoms with Crippen LogP contribution in [0.25, 0.3) is 0 Å². The maximum absolute atomic E-state index is 11.9. The lowest BCUT2D eigenvalue weighted by Crippen LogP contribution is -2.41. The lowest BCUT2D eigenvalue weighted by Gasteiger charge is -2.18. The summed E-state index contributed by atoms with van der Waals surface area (Å²) in [5, 5.41) is 8.95. The minimum Gasteiger partial charge on any atom is -0.480 e. The molecule has 1 atom stereocenters. The van der Waals surface area contributed by atoms with E-state index in [4.69, 9.17) is 5.11 Å². The Morgan fingerprint density at radius 3 is 2.94 bits per heavy atom. The molecule has 1 fully saturated rings. The van der Waals surface area contributed by atoms with Crippen molar-refractivity contribution in [3.8, 4) is 0 Å². The van der Waals surface area contributed by atoms with Crippen molar-refractivity contribution in [3.63, 3.8) is 0 Å². The van der Waals surface area contributed by atoms with Gasteiger partial charge in [-0.05, 0) is 0 Å². The highest BCUT2D eigenvalue weighted by Crippen LogP contribution is 2.22. The van der Waals surface area contributed by atoms with Gasteiger partial charge in [0, 0.05) is 19.0 Å². The lowest BCUT2D eigenvalue weighted by atomic mass is 10.3. The fourth-order valence-electron chi connectivity index (χ4n) is 1.52. The lowest BCUT2D eigenvalue weighted by molar-refractivity contribution is -0.140. The van der Waals surface area contributed by atoms with Gasteiger partial charge >= 0.3 is 5.97 Å². The molecule has 2 rings (SSSR count). The van der Waals surface area contributed by atoms with Crippen molar-refractivity contribution >= 4 is 23.6 Å². The number of amides is 1. The number of rotatable bonds is 2. The molecule has 1 amide bonds. The highest BCUT2D eigenvalue weighted by Gasteiger charge is 2.35. The van der Waals surface area contributed by atoms with Crippen LogP contribution in [-0.4, -0.2) is 49.1 Å². The molecule has 1 saturated heterocycles. The van der Waals surface area contributed by atoms with Crippen LogP contribution in [0, 0.1) is 0 Å². The summed E-state index contributed by atoms with van der Waals surface area (Å²) in [5.41, 5.74) is 0.288. The Hall–Kier alpha value is -1.50. The van der Waals surface area contributed by atoms with Crippen molar-refractivity contribution in [3.05, 3.63) is 18.2 Å². The summed E-state index contributed by atoms with van der Waals surface area (Å²) in [4.78, 5) is 28.1. The molecule has 1 unspecified atom stereocenters. The number of aliphatic carboxylic acids is 1. The van der Waals surface area contributed by atoms with Gasteiger partial charge in [0.2, 0.25) is 0 Å². The molecule has 0 aromatic carbocycles. The van der Waals surface area contributed by atoms with E-state index in [-0.39, 0.29) is 11.6 Å². The Labute approximate surface area is 96.3 Å². The fraction of sp³-hybridized carbons (Fsp3) is 0.444. The number of aromatic nitrogens is 2. The summed E-state index contributed by atoms with van der Waals surface area (Å²) >= 11 is 1.44. The predicted molar refractivity (Wildman–Crippen MR) is 58.1 cm³/mol. The zero-order valence-corrected chi connectivity index (χ0v) is 9.48. The maximum Gasteiger partial charge on any atom is 0.327 e. The summed E-state index contributed by atoms with van der Waals surface area (Å²) in [6.45, 7) is 0. The van der Waals surface area contributed by atoms with E-state index in [0.29, 0.717) is 11.6 Å². The number of aryl methyl sites for hydroxylation is 1. The van der Waals surface area contributed by atoms with Gasteiger partial charge in [-0.1, -0.05) is 0 Å². The SMILES string of the molecule is Cn1cnc(C(=O)N2CSCC2C(=O)O)c1. The van der Waals surface area contributed by atoms with Crippen molar-refractivity contribution in [2.45, 2.75) is 6.04 Å². The fourth-order valence-corrected chi connectivity index (χ4v) is 2.66. The minimum absolute atomic E-state index is 0.288. The average Bonchev–Trinajstić information content (AvgIpc) is 2.84. The number of carbonyl (C=O) groups is 2. The number of carbonyl (C=O) groups excluding carboxylic acids is 1. The molecule has 6 nitrogen and oxygen atoms in total. The standard InChI is InChI=1S/C9H11N3O3S/c1-11-2-6(10-4-11)8(13)12-5-16-3-7(12)9(14)15/h2,4,7H,3,5H2,1H3,(H,14,15). The van der Waals surface area contributed by atoms with E-state index in [1.54, 1.807) is 17.8 Å². The normalized spacial score (nSPS) is 20.1. The largest absolute Gasteiger partial charge is 0.480 e. The first-order valence-electron chi connectivity index (χ1n) is 4.69. The van der Waals surface area contributed by atoms with Gasteiger partial charge in [0.05, 0.1) is 12.2 Å². The van der Waals surface area contributed by atoms with Crippen LogP contribution < -0.4 is 0 Å². The Balaban J connectivity index is 2.18. The molecule has 7 heteroatoms. The first-order chi connectivity index (χ1) is 7.59. The van der Waals surface area contributed by atoms with Gasteiger partial charge in [-0.25, -0.2) is 9.78 Å². The third-order valence-corrected chi connectivity index (χ3v) is 3.36. The average molecular weight is 241 g/mol. The van der Waals surface area contributed by atoms with Gasteiger partial charge in [-0.15, -0.1) is 11.8 Å². The second-order valence-corrected chi connectivity index (χ2v) is 4.55. The summed E-state index contributed by atoms with van der Waals surface area (Å²) in [6.07, 6.45) is 3.11. The van der Waals surface area contributed by atoms with Crippen LogP contribution in [0.3, 0.4) is 0 Å². The van der Waals surface area contributed by atoms with Crippen LogP contribution in [0.2, 0.25) is 0 Å². The molecule has 2 heterocycles. The molecule has 1 aliphatic heterocycles. The minimum atomic E-state index is -0.964. The molecule has 1 aromatic heterocycles. The van der Waals surface area contributed by atoms with Gasteiger partial charge < -0.3 is 14.6 Å². The van der Waals surface area contributed by atoms with E-state index in [9.17, 15) is 9.59 Å². The number of hydrogen-bond acceptors (Lipinski definition) is 4. The first-order valence-corrected chi connectivity index (χ1v) is 5.84. The number of hydrogen-bond donors (Lipinski definition) is 1. The van der Waals surface area contributed by atoms with Gasteiger partial charge in [0.1, 0.15) is 11.7 Å². The Bertz CT molecular complexity index is 431. The molecular formula is C9H11N3O3S. The zero-order valence-electron chi connectivity index (χ0n) is 8.66. The summed E-state index contributed by atoms with van der Waals surface area (Å²) in [6, 6.07) is -0.737. The van der Waals surface area contributed by atoms with Crippen LogP contribution in [0.15, 0.2) is 12.5 Å². The molecule has 0 spiro atoms. The molecule has 16 heavy (non-hydrogen) atoms. The molecule has 0 bridgehead atoms. The van der Waals surface area contributed by atoms with Crippen molar-refractivity contribution < 1.29 is 14.7 Å². The molecule has 1 N–H and O–H groups in total. The number of nitrogens with zero attached hydrogens (tertiary/aromatic N) is 3. The van der Waals surface area contributed by atoms with Gasteiger partial charge in [0.15, 0.2) is 0 Å². The predicted octanol–water partition coefficient (Wildman–Crippen LogP) is 0.0198. The van der Waals surface area contributed by atoms with E-state index in [0.717, 1.165) is 0 Å². The summed E-state index contributed by atoms with van der Waals surface area (Å²) < 4.78 is 1.66. The second kappa shape index (κ2) is 4.17. The molecule has 0 saturated carbocycles. The molecule has 0 radical (unpaired) electrons. The molecule has 86 valence electrons. The van der Waals surface area contributed by atoms with Gasteiger partial charge in [-0.3, -0.25) is 4.79 Å². The molecule has 1 aliphatic rings. The smallest absolute Gasteiger partial charge is 0.327 e. The van der Waals surface area contributed by atoms with Crippen molar-refractivity contribution in [2.75, 3.05) is 11.6 Å². The van der Waals surface area contributed by atoms with E-state index < -0.39 is 12.0 Å². The highest BCUT2D eigenvalue weighted by atomic mass is 32.2. The quantitative estimate of drug-likeness (QED) is 0.790. The Kier molecular flexibility index (Phi) is 2.86. The van der Waals surface area contributed by atoms with Crippen LogP contribution in [0.1, 0.15) is 10.5 Å².